The van der Waals surface area contributed by atoms with E-state index in [4.69, 9.17) is 14.5 Å². The number of aryl methyl sites for hydroxylation is 1. The lowest BCUT2D eigenvalue weighted by molar-refractivity contribution is -0.153. The summed E-state index contributed by atoms with van der Waals surface area (Å²) in [6.07, 6.45) is 5.60. The van der Waals surface area contributed by atoms with Gasteiger partial charge in [-0.15, -0.1) is 0 Å². The van der Waals surface area contributed by atoms with Crippen LogP contribution < -0.4 is 25.6 Å². The molecule has 2 aliphatic heterocycles. The lowest BCUT2D eigenvalue weighted by Crippen LogP contribution is -2.49. The van der Waals surface area contributed by atoms with Crippen LogP contribution in [0.15, 0.2) is 61.3 Å². The summed E-state index contributed by atoms with van der Waals surface area (Å²) in [6.45, 7) is 3.17. The van der Waals surface area contributed by atoms with Crippen molar-refractivity contribution in [3.63, 3.8) is 0 Å². The standard InChI is InChI=1S/C35H35F3N11O3P/c1-47-19-21(18-42-47)24-16-27(29(52-20-35(36,37)38)17-28(24)49-10-5-22(6-11-49)48-12-14-51-15-13-48)44-34-45-32-23(4-7-41-32)33(46-34)43-26-3-2-25-30(31(26)53-50)40-9-8-39-25/h2-4,7-9,16-19,22H,5-6,10-15,20H2,1H3,(H3,41,43,44,45,46). The zero-order valence-electron chi connectivity index (χ0n) is 28.6. The molecule has 0 bridgehead atoms. The molecule has 2 aromatic carbocycles. The van der Waals surface area contributed by atoms with E-state index in [1.807, 2.05) is 13.2 Å². The predicted octanol–water partition coefficient (Wildman–Crippen LogP) is 5.95. The van der Waals surface area contributed by atoms with Gasteiger partial charge in [-0.05, 0) is 37.1 Å². The number of piperidine rings is 1. The van der Waals surface area contributed by atoms with Crippen molar-refractivity contribution in [1.29, 1.82) is 0 Å². The minimum Gasteiger partial charge on any atom is -0.482 e. The van der Waals surface area contributed by atoms with E-state index in [1.54, 1.807) is 53.6 Å². The van der Waals surface area contributed by atoms with Crippen molar-refractivity contribution in [2.24, 2.45) is 7.05 Å². The van der Waals surface area contributed by atoms with Crippen LogP contribution in [0.4, 0.5) is 42.0 Å². The van der Waals surface area contributed by atoms with Crippen LogP contribution in [0.3, 0.4) is 0 Å². The summed E-state index contributed by atoms with van der Waals surface area (Å²) in [6, 6.07) is 9.10. The molecular formula is C35H35F3N11O3P. The number of benzene rings is 2. The van der Waals surface area contributed by atoms with Gasteiger partial charge >= 0.3 is 6.18 Å². The molecule has 3 N–H and O–H groups in total. The molecule has 0 amide bonds. The SMILES string of the molecule is Cn1cc(-c2cc(Nc3nc(Nc4ccc5nccnc5c4P=O)c4cc[nH]c4n3)c(OCC(F)(F)F)cc2N2CCC(N3CCOCC3)CC2)cn1. The molecule has 0 spiro atoms. The molecule has 2 saturated heterocycles. The number of nitrogens with zero attached hydrogens (tertiary/aromatic N) is 8. The number of nitrogens with one attached hydrogen (secondary N) is 3. The van der Waals surface area contributed by atoms with Crippen LogP contribution >= 0.6 is 8.46 Å². The highest BCUT2D eigenvalue weighted by Gasteiger charge is 2.31. The number of ether oxygens (including phenoxy) is 2. The van der Waals surface area contributed by atoms with Crippen molar-refractivity contribution in [3.8, 4) is 16.9 Å². The Morgan fingerprint density at radius 3 is 2.58 bits per heavy atom. The molecule has 8 rings (SSSR count). The predicted molar refractivity (Wildman–Crippen MR) is 195 cm³/mol. The Morgan fingerprint density at radius 1 is 1.02 bits per heavy atom. The topological polar surface area (TPSA) is 151 Å². The summed E-state index contributed by atoms with van der Waals surface area (Å²) >= 11 is 0. The zero-order valence-corrected chi connectivity index (χ0v) is 29.5. The Morgan fingerprint density at radius 2 is 1.83 bits per heavy atom. The van der Waals surface area contributed by atoms with Crippen LogP contribution in [0, 0.1) is 0 Å². The minimum atomic E-state index is -4.57. The van der Waals surface area contributed by atoms with E-state index < -0.39 is 12.8 Å². The molecule has 0 atom stereocenters. The maximum absolute atomic E-state index is 13.6. The second-order valence-corrected chi connectivity index (χ2v) is 13.5. The molecule has 6 heterocycles. The van der Waals surface area contributed by atoms with Gasteiger partial charge in [-0.2, -0.15) is 28.2 Å². The van der Waals surface area contributed by atoms with E-state index in [0.717, 1.165) is 56.0 Å². The van der Waals surface area contributed by atoms with Crippen molar-refractivity contribution in [1.82, 2.24) is 39.6 Å². The number of hydrogen-bond acceptors (Lipinski definition) is 12. The highest BCUT2D eigenvalue weighted by molar-refractivity contribution is 7.35. The second-order valence-electron chi connectivity index (χ2n) is 12.9. The van der Waals surface area contributed by atoms with Gasteiger partial charge < -0.3 is 30.0 Å². The fraction of sp³-hybridized carbons (Fsp3) is 0.343. The molecule has 0 radical (unpaired) electrons. The molecule has 2 aliphatic rings. The van der Waals surface area contributed by atoms with E-state index in [9.17, 15) is 17.7 Å². The number of fused-ring (bicyclic) bond motifs is 2. The number of rotatable bonds is 10. The fourth-order valence-corrected chi connectivity index (χ4v) is 7.46. The summed E-state index contributed by atoms with van der Waals surface area (Å²) in [5.41, 5.74) is 4.51. The number of morpholine rings is 1. The van der Waals surface area contributed by atoms with Gasteiger partial charge in [0.15, 0.2) is 15.1 Å². The van der Waals surface area contributed by atoms with Crippen molar-refractivity contribution in [2.45, 2.75) is 25.1 Å². The molecule has 14 nitrogen and oxygen atoms in total. The summed E-state index contributed by atoms with van der Waals surface area (Å²) in [5, 5.41) is 11.8. The van der Waals surface area contributed by atoms with Crippen LogP contribution in [0.5, 0.6) is 5.75 Å². The van der Waals surface area contributed by atoms with Gasteiger partial charge in [0.2, 0.25) is 5.95 Å². The molecule has 6 aromatic rings. The Labute approximate surface area is 302 Å². The fourth-order valence-electron chi connectivity index (χ4n) is 6.97. The lowest BCUT2D eigenvalue weighted by atomic mass is 9.99. The van der Waals surface area contributed by atoms with Crippen molar-refractivity contribution in [2.75, 3.05) is 61.5 Å². The van der Waals surface area contributed by atoms with Crippen molar-refractivity contribution in [3.05, 3.63) is 61.3 Å². The summed E-state index contributed by atoms with van der Waals surface area (Å²) in [7, 11) is 1.53. The van der Waals surface area contributed by atoms with Gasteiger partial charge in [-0.25, -0.2) is 0 Å². The molecule has 0 unspecified atom stereocenters. The number of anilines is 5. The molecule has 0 aliphatic carbocycles. The van der Waals surface area contributed by atoms with Crippen LogP contribution in [0.2, 0.25) is 0 Å². The molecule has 274 valence electrons. The maximum atomic E-state index is 13.6. The number of H-pyrrole nitrogens is 1. The molecular weight excluding hydrogens is 710 g/mol. The van der Waals surface area contributed by atoms with Gasteiger partial charge in [0.1, 0.15) is 22.7 Å². The highest BCUT2D eigenvalue weighted by Crippen LogP contribution is 2.42. The van der Waals surface area contributed by atoms with Gasteiger partial charge in [0.25, 0.3) is 0 Å². The quantitative estimate of drug-likeness (QED) is 0.142. The third-order valence-electron chi connectivity index (χ3n) is 9.49. The van der Waals surface area contributed by atoms with Crippen molar-refractivity contribution >= 4 is 64.7 Å². The number of aromatic nitrogens is 7. The van der Waals surface area contributed by atoms with E-state index >= 15 is 0 Å². The average Bonchev–Trinajstić information content (AvgIpc) is 3.83. The van der Waals surface area contributed by atoms with Crippen LogP contribution in [-0.4, -0.2) is 97.8 Å². The van der Waals surface area contributed by atoms with Gasteiger partial charge in [-0.3, -0.25) is 24.1 Å². The zero-order chi connectivity index (χ0) is 36.5. The third-order valence-corrected chi connectivity index (χ3v) is 10.1. The van der Waals surface area contributed by atoms with E-state index in [0.29, 0.717) is 58.0 Å². The van der Waals surface area contributed by atoms with E-state index in [1.165, 1.54) is 6.20 Å². The monoisotopic (exact) mass is 745 g/mol. The Kier molecular flexibility index (Phi) is 9.53. The molecule has 18 heteroatoms. The van der Waals surface area contributed by atoms with E-state index in [2.05, 4.69) is 45.5 Å². The van der Waals surface area contributed by atoms with Gasteiger partial charge in [-0.1, -0.05) is 0 Å². The largest absolute Gasteiger partial charge is 0.482 e. The maximum Gasteiger partial charge on any atom is 0.422 e. The Balaban J connectivity index is 1.17. The summed E-state index contributed by atoms with van der Waals surface area (Å²) in [4.78, 5) is 25.8. The summed E-state index contributed by atoms with van der Waals surface area (Å²) in [5.74, 6) is 0.430. The van der Waals surface area contributed by atoms with Gasteiger partial charge in [0.05, 0.1) is 47.0 Å². The first-order chi connectivity index (χ1) is 25.7. The Hall–Kier alpha value is -5.38. The van der Waals surface area contributed by atoms with Gasteiger partial charge in [0, 0.05) is 86.9 Å². The van der Waals surface area contributed by atoms with Crippen LogP contribution in [-0.2, 0) is 16.3 Å². The molecule has 53 heavy (non-hydrogen) atoms. The van der Waals surface area contributed by atoms with Crippen LogP contribution in [0.1, 0.15) is 12.8 Å². The third kappa shape index (κ3) is 7.45. The lowest BCUT2D eigenvalue weighted by Gasteiger charge is -2.41. The minimum absolute atomic E-state index is 0.00879. The van der Waals surface area contributed by atoms with Crippen LogP contribution in [0.25, 0.3) is 33.2 Å². The molecule has 0 saturated carbocycles. The van der Waals surface area contributed by atoms with E-state index in [-0.39, 0.29) is 25.8 Å². The first-order valence-electron chi connectivity index (χ1n) is 17.1. The summed E-state index contributed by atoms with van der Waals surface area (Å²) < 4.78 is 66.0. The Bertz CT molecular complexity index is 2270. The second kappa shape index (κ2) is 14.6. The highest BCUT2D eigenvalue weighted by atomic mass is 31.1. The first-order valence-corrected chi connectivity index (χ1v) is 17.9. The number of hydrogen-bond donors (Lipinski definition) is 3. The molecule has 4 aromatic heterocycles. The number of aromatic amines is 1. The normalized spacial score (nSPS) is 16.1. The first kappa shape index (κ1) is 34.7. The molecule has 2 fully saturated rings. The average molecular weight is 746 g/mol. The number of alkyl halides is 3. The smallest absolute Gasteiger partial charge is 0.422 e. The van der Waals surface area contributed by atoms with Crippen molar-refractivity contribution < 1.29 is 27.2 Å². The number of halogens is 3.